The molecule has 0 bridgehead atoms. The number of phenols is 1. The van der Waals surface area contributed by atoms with Crippen molar-refractivity contribution in [3.8, 4) is 5.75 Å². The van der Waals surface area contributed by atoms with Gasteiger partial charge in [-0.3, -0.25) is 0 Å². The lowest BCUT2D eigenvalue weighted by Crippen LogP contribution is -2.33. The van der Waals surface area contributed by atoms with Gasteiger partial charge in [0.1, 0.15) is 12.4 Å². The minimum Gasteiger partial charge on any atom is -0.508 e. The molecular weight excluding hydrogens is 232 g/mol. The van der Waals surface area contributed by atoms with E-state index in [0.29, 0.717) is 6.54 Å². The number of likely N-dealkylation sites (N-methyl/N-ethyl adjacent to an activating group) is 2. The van der Waals surface area contributed by atoms with Gasteiger partial charge in [0.25, 0.3) is 0 Å². The fourth-order valence-corrected chi connectivity index (χ4v) is 1.43. The Bertz CT molecular complexity index is 407. The van der Waals surface area contributed by atoms with Crippen LogP contribution in [0.4, 0.5) is 4.79 Å². The van der Waals surface area contributed by atoms with Gasteiger partial charge in [-0.2, -0.15) is 0 Å². The van der Waals surface area contributed by atoms with E-state index in [-0.39, 0.29) is 18.4 Å². The first-order valence-corrected chi connectivity index (χ1v) is 5.85. The first-order valence-electron chi connectivity index (χ1n) is 5.85. The van der Waals surface area contributed by atoms with Gasteiger partial charge in [0, 0.05) is 20.1 Å². The summed E-state index contributed by atoms with van der Waals surface area (Å²) < 4.78 is 5.16. The van der Waals surface area contributed by atoms with Crippen LogP contribution in [0.3, 0.4) is 0 Å². The second-order valence-corrected chi connectivity index (χ2v) is 4.20. The molecule has 0 fully saturated rings. The summed E-state index contributed by atoms with van der Waals surface area (Å²) in [5, 5.41) is 12.3. The van der Waals surface area contributed by atoms with E-state index in [9.17, 15) is 9.90 Å². The minimum atomic E-state index is -0.351. The molecule has 100 valence electrons. The molecule has 0 aliphatic rings. The number of nitrogens with zero attached hydrogens (tertiary/aromatic N) is 1. The largest absolute Gasteiger partial charge is 0.508 e. The highest BCUT2D eigenvalue weighted by Crippen LogP contribution is 2.17. The number of aromatic hydroxyl groups is 1. The summed E-state index contributed by atoms with van der Waals surface area (Å²) in [6, 6.07) is 5.14. The maximum absolute atomic E-state index is 11.6. The zero-order valence-corrected chi connectivity index (χ0v) is 11.1. The average Bonchev–Trinajstić information content (AvgIpc) is 2.36. The Balaban J connectivity index is 2.44. The van der Waals surface area contributed by atoms with Crippen molar-refractivity contribution in [2.45, 2.75) is 13.5 Å². The van der Waals surface area contributed by atoms with E-state index in [1.54, 1.807) is 32.2 Å². The number of aryl methyl sites for hydroxylation is 1. The second-order valence-electron chi connectivity index (χ2n) is 4.20. The summed E-state index contributed by atoms with van der Waals surface area (Å²) in [7, 11) is 3.53. The number of amides is 1. The van der Waals surface area contributed by atoms with Crippen LogP contribution >= 0.6 is 0 Å². The number of carbonyl (C=O) groups excluding carboxylic acids is 1. The normalized spacial score (nSPS) is 10.2. The van der Waals surface area contributed by atoms with Crippen LogP contribution in [0.5, 0.6) is 5.75 Å². The Kier molecular flexibility index (Phi) is 5.45. The monoisotopic (exact) mass is 252 g/mol. The maximum Gasteiger partial charge on any atom is 0.409 e. The Hall–Kier alpha value is -1.75. The topological polar surface area (TPSA) is 61.8 Å². The Morgan fingerprint density at radius 3 is 2.83 bits per heavy atom. The molecule has 0 aliphatic heterocycles. The standard InChI is InChI=1S/C13H20N2O3/c1-10-8-11(4-5-12(10)16)9-18-13(17)15(3)7-6-14-2/h4-5,8,14,16H,6-7,9H2,1-3H3. The van der Waals surface area contributed by atoms with Crippen LogP contribution < -0.4 is 5.32 Å². The van der Waals surface area contributed by atoms with Crippen molar-refractivity contribution in [3.63, 3.8) is 0 Å². The number of nitrogens with one attached hydrogen (secondary N) is 1. The molecule has 0 radical (unpaired) electrons. The van der Waals surface area contributed by atoms with Gasteiger partial charge in [-0.05, 0) is 37.2 Å². The van der Waals surface area contributed by atoms with Crippen LogP contribution in [0.15, 0.2) is 18.2 Å². The molecule has 5 heteroatoms. The quantitative estimate of drug-likeness (QED) is 0.833. The molecule has 0 aromatic heterocycles. The van der Waals surface area contributed by atoms with Crippen molar-refractivity contribution >= 4 is 6.09 Å². The Morgan fingerprint density at radius 1 is 1.50 bits per heavy atom. The zero-order chi connectivity index (χ0) is 13.5. The van der Waals surface area contributed by atoms with Gasteiger partial charge in [0.05, 0.1) is 0 Å². The highest BCUT2D eigenvalue weighted by molar-refractivity contribution is 5.67. The van der Waals surface area contributed by atoms with Gasteiger partial charge in [-0.25, -0.2) is 4.79 Å². The zero-order valence-electron chi connectivity index (χ0n) is 11.1. The van der Waals surface area contributed by atoms with E-state index in [1.807, 2.05) is 7.05 Å². The van der Waals surface area contributed by atoms with Crippen LogP contribution in [0.25, 0.3) is 0 Å². The lowest BCUT2D eigenvalue weighted by molar-refractivity contribution is 0.105. The lowest BCUT2D eigenvalue weighted by atomic mass is 10.1. The molecular formula is C13H20N2O3. The molecule has 0 aliphatic carbocycles. The SMILES string of the molecule is CNCCN(C)C(=O)OCc1ccc(O)c(C)c1. The van der Waals surface area contributed by atoms with E-state index in [1.165, 1.54) is 4.90 Å². The van der Waals surface area contributed by atoms with Crippen molar-refractivity contribution < 1.29 is 14.6 Å². The third-order valence-electron chi connectivity index (χ3n) is 2.63. The Morgan fingerprint density at radius 2 is 2.22 bits per heavy atom. The van der Waals surface area contributed by atoms with Gasteiger partial charge in [-0.15, -0.1) is 0 Å². The number of hydrogen-bond acceptors (Lipinski definition) is 4. The van der Waals surface area contributed by atoms with Crippen LogP contribution in [0.2, 0.25) is 0 Å². The summed E-state index contributed by atoms with van der Waals surface area (Å²) in [6.45, 7) is 3.34. The van der Waals surface area contributed by atoms with Crippen molar-refractivity contribution in [2.75, 3.05) is 27.2 Å². The van der Waals surface area contributed by atoms with Crippen molar-refractivity contribution in [3.05, 3.63) is 29.3 Å². The predicted molar refractivity (Wildman–Crippen MR) is 69.6 cm³/mol. The highest BCUT2D eigenvalue weighted by atomic mass is 16.6. The molecule has 0 saturated carbocycles. The van der Waals surface area contributed by atoms with E-state index in [4.69, 9.17) is 4.74 Å². The van der Waals surface area contributed by atoms with E-state index < -0.39 is 0 Å². The van der Waals surface area contributed by atoms with Gasteiger partial charge < -0.3 is 20.1 Å². The predicted octanol–water partition coefficient (Wildman–Crippen LogP) is 1.49. The van der Waals surface area contributed by atoms with E-state index in [2.05, 4.69) is 5.32 Å². The number of carbonyl (C=O) groups is 1. The molecule has 18 heavy (non-hydrogen) atoms. The first-order chi connectivity index (χ1) is 8.54. The summed E-state index contributed by atoms with van der Waals surface area (Å²) in [5.74, 6) is 0.246. The van der Waals surface area contributed by atoms with Gasteiger partial charge in [0.15, 0.2) is 0 Å². The van der Waals surface area contributed by atoms with Gasteiger partial charge in [-0.1, -0.05) is 6.07 Å². The third kappa shape index (κ3) is 4.25. The highest BCUT2D eigenvalue weighted by Gasteiger charge is 2.09. The van der Waals surface area contributed by atoms with Crippen molar-refractivity contribution in [2.24, 2.45) is 0 Å². The minimum absolute atomic E-state index is 0.212. The average molecular weight is 252 g/mol. The van der Waals surface area contributed by atoms with Crippen molar-refractivity contribution in [1.82, 2.24) is 10.2 Å². The molecule has 1 amide bonds. The molecule has 5 nitrogen and oxygen atoms in total. The first kappa shape index (κ1) is 14.3. The summed E-state index contributed by atoms with van der Waals surface area (Å²) >= 11 is 0. The number of ether oxygens (including phenoxy) is 1. The van der Waals surface area contributed by atoms with E-state index in [0.717, 1.165) is 17.7 Å². The van der Waals surface area contributed by atoms with Crippen LogP contribution in [0.1, 0.15) is 11.1 Å². The molecule has 1 aromatic carbocycles. The lowest BCUT2D eigenvalue weighted by Gasteiger charge is -2.16. The summed E-state index contributed by atoms with van der Waals surface area (Å²) in [4.78, 5) is 13.1. The van der Waals surface area contributed by atoms with E-state index >= 15 is 0 Å². The number of benzene rings is 1. The van der Waals surface area contributed by atoms with Crippen molar-refractivity contribution in [1.29, 1.82) is 0 Å². The molecule has 1 aromatic rings. The molecule has 0 atom stereocenters. The second kappa shape index (κ2) is 6.86. The maximum atomic E-state index is 11.6. The molecule has 0 heterocycles. The third-order valence-corrected chi connectivity index (χ3v) is 2.63. The van der Waals surface area contributed by atoms with Crippen LogP contribution in [-0.2, 0) is 11.3 Å². The fourth-order valence-electron chi connectivity index (χ4n) is 1.43. The number of hydrogen-bond donors (Lipinski definition) is 2. The van der Waals surface area contributed by atoms with Crippen LogP contribution in [0, 0.1) is 6.92 Å². The Labute approximate surface area is 107 Å². The molecule has 0 spiro atoms. The number of phenolic OH excluding ortho intramolecular Hbond substituents is 1. The van der Waals surface area contributed by atoms with Gasteiger partial charge in [0.2, 0.25) is 0 Å². The summed E-state index contributed by atoms with van der Waals surface area (Å²) in [5.41, 5.74) is 1.63. The smallest absolute Gasteiger partial charge is 0.409 e. The molecule has 1 rings (SSSR count). The molecule has 2 N–H and O–H groups in total. The number of rotatable bonds is 5. The van der Waals surface area contributed by atoms with Gasteiger partial charge >= 0.3 is 6.09 Å². The molecule has 0 saturated heterocycles. The summed E-state index contributed by atoms with van der Waals surface area (Å²) in [6.07, 6.45) is -0.351. The fraction of sp³-hybridized carbons (Fsp3) is 0.462. The van der Waals surface area contributed by atoms with Crippen LogP contribution in [-0.4, -0.2) is 43.3 Å². The molecule has 0 unspecified atom stereocenters.